The fourth-order valence-corrected chi connectivity index (χ4v) is 3.51. The Morgan fingerprint density at radius 3 is 2.38 bits per heavy atom. The normalized spacial score (nSPS) is 14.3. The van der Waals surface area contributed by atoms with Gasteiger partial charge in [-0.2, -0.15) is 5.26 Å². The van der Waals surface area contributed by atoms with Crippen molar-refractivity contribution in [2.24, 2.45) is 0 Å². The van der Waals surface area contributed by atoms with Gasteiger partial charge in [0.1, 0.15) is 5.82 Å². The van der Waals surface area contributed by atoms with E-state index in [0.29, 0.717) is 5.56 Å². The van der Waals surface area contributed by atoms with E-state index in [0.717, 1.165) is 54.5 Å². The van der Waals surface area contributed by atoms with Crippen LogP contribution in [0.3, 0.4) is 0 Å². The molecule has 134 valence electrons. The van der Waals surface area contributed by atoms with Crippen LogP contribution in [0.1, 0.15) is 33.5 Å². The first-order valence-electron chi connectivity index (χ1n) is 9.05. The molecule has 1 aromatic heterocycles. The quantitative estimate of drug-likeness (QED) is 0.843. The summed E-state index contributed by atoms with van der Waals surface area (Å²) in [5, 5.41) is 9.43. The van der Waals surface area contributed by atoms with Crippen LogP contribution in [0.5, 0.6) is 0 Å². The number of hydrogen-bond acceptors (Lipinski definition) is 4. The summed E-state index contributed by atoms with van der Waals surface area (Å²) >= 11 is 0. The molecular formula is C22H26N4. The van der Waals surface area contributed by atoms with Gasteiger partial charge in [0.25, 0.3) is 0 Å². The van der Waals surface area contributed by atoms with Gasteiger partial charge in [-0.15, -0.1) is 0 Å². The van der Waals surface area contributed by atoms with Gasteiger partial charge in [0.15, 0.2) is 0 Å². The van der Waals surface area contributed by atoms with Crippen molar-refractivity contribution in [3.63, 3.8) is 0 Å². The molecule has 1 aromatic carbocycles. The first kappa shape index (κ1) is 18.0. The van der Waals surface area contributed by atoms with E-state index in [4.69, 9.17) is 4.98 Å². The summed E-state index contributed by atoms with van der Waals surface area (Å²) in [5.41, 5.74) is 7.23. The van der Waals surface area contributed by atoms with Crippen molar-refractivity contribution in [2.45, 2.75) is 27.7 Å². The number of rotatable bonds is 3. The highest BCUT2D eigenvalue weighted by molar-refractivity contribution is 5.68. The fraction of sp³-hybridized carbons (Fsp3) is 0.364. The molecule has 4 heteroatoms. The number of nitriles is 1. The molecule has 1 aliphatic rings. The molecule has 4 nitrogen and oxygen atoms in total. The topological polar surface area (TPSA) is 43.2 Å². The Morgan fingerprint density at radius 1 is 1.04 bits per heavy atom. The summed E-state index contributed by atoms with van der Waals surface area (Å²) in [6.45, 7) is 16.2. The predicted octanol–water partition coefficient (Wildman–Crippen LogP) is 3.98. The van der Waals surface area contributed by atoms with Crippen molar-refractivity contribution in [1.82, 2.24) is 9.88 Å². The van der Waals surface area contributed by atoms with Crippen molar-refractivity contribution < 1.29 is 0 Å². The average molecular weight is 346 g/mol. The fourth-order valence-electron chi connectivity index (χ4n) is 3.51. The van der Waals surface area contributed by atoms with E-state index < -0.39 is 0 Å². The molecule has 0 bridgehead atoms. The Kier molecular flexibility index (Phi) is 4.99. The van der Waals surface area contributed by atoms with E-state index in [-0.39, 0.29) is 0 Å². The third-order valence-electron chi connectivity index (χ3n) is 5.20. The molecule has 1 fully saturated rings. The maximum atomic E-state index is 9.43. The lowest BCUT2D eigenvalue weighted by Crippen LogP contribution is -2.46. The van der Waals surface area contributed by atoms with E-state index in [1.165, 1.54) is 11.1 Å². The zero-order valence-corrected chi connectivity index (χ0v) is 16.1. The molecule has 0 aliphatic carbocycles. The van der Waals surface area contributed by atoms with Gasteiger partial charge in [-0.25, -0.2) is 4.98 Å². The van der Waals surface area contributed by atoms with Crippen LogP contribution >= 0.6 is 0 Å². The van der Waals surface area contributed by atoms with Gasteiger partial charge in [0, 0.05) is 43.1 Å². The number of pyridine rings is 1. The van der Waals surface area contributed by atoms with Crippen LogP contribution in [0.15, 0.2) is 30.8 Å². The maximum absolute atomic E-state index is 9.43. The lowest BCUT2D eigenvalue weighted by Gasteiger charge is -2.38. The SMILES string of the molecule is C=C(c1ccc(C)cc1C#N)N1CCN(c2nc(C)c(C)cc2C)CC1. The zero-order chi connectivity index (χ0) is 18.8. The van der Waals surface area contributed by atoms with Gasteiger partial charge in [-0.05, 0) is 50.5 Å². The van der Waals surface area contributed by atoms with Crippen LogP contribution < -0.4 is 4.90 Å². The van der Waals surface area contributed by atoms with Gasteiger partial charge >= 0.3 is 0 Å². The number of nitrogens with zero attached hydrogens (tertiary/aromatic N) is 4. The molecule has 1 aliphatic heterocycles. The minimum Gasteiger partial charge on any atom is -0.368 e. The second-order valence-corrected chi connectivity index (χ2v) is 7.11. The lowest BCUT2D eigenvalue weighted by atomic mass is 10.0. The minimum atomic E-state index is 0.698. The highest BCUT2D eigenvalue weighted by Gasteiger charge is 2.22. The van der Waals surface area contributed by atoms with Gasteiger partial charge in [-0.3, -0.25) is 0 Å². The minimum absolute atomic E-state index is 0.698. The number of piperazine rings is 1. The van der Waals surface area contributed by atoms with Gasteiger partial charge in [0.05, 0.1) is 11.6 Å². The molecule has 0 atom stereocenters. The van der Waals surface area contributed by atoms with Gasteiger partial charge in [0.2, 0.25) is 0 Å². The second-order valence-electron chi connectivity index (χ2n) is 7.11. The van der Waals surface area contributed by atoms with Crippen LogP contribution in [-0.4, -0.2) is 36.1 Å². The van der Waals surface area contributed by atoms with Crippen molar-refractivity contribution in [3.05, 3.63) is 64.4 Å². The third-order valence-corrected chi connectivity index (χ3v) is 5.20. The first-order chi connectivity index (χ1) is 12.4. The monoisotopic (exact) mass is 346 g/mol. The Hall–Kier alpha value is -2.80. The molecule has 26 heavy (non-hydrogen) atoms. The van der Waals surface area contributed by atoms with Crippen LogP contribution in [0.4, 0.5) is 5.82 Å². The van der Waals surface area contributed by atoms with Crippen molar-refractivity contribution in [2.75, 3.05) is 31.1 Å². The smallest absolute Gasteiger partial charge is 0.131 e. The highest BCUT2D eigenvalue weighted by atomic mass is 15.3. The molecule has 2 aromatic rings. The molecule has 0 amide bonds. The van der Waals surface area contributed by atoms with E-state index >= 15 is 0 Å². The van der Waals surface area contributed by atoms with E-state index in [9.17, 15) is 5.26 Å². The largest absolute Gasteiger partial charge is 0.368 e. The zero-order valence-electron chi connectivity index (χ0n) is 16.1. The Balaban J connectivity index is 1.74. The third kappa shape index (κ3) is 3.43. The highest BCUT2D eigenvalue weighted by Crippen LogP contribution is 2.26. The number of hydrogen-bond donors (Lipinski definition) is 0. The van der Waals surface area contributed by atoms with E-state index in [2.05, 4.69) is 49.3 Å². The Morgan fingerprint density at radius 2 is 1.73 bits per heavy atom. The molecule has 3 rings (SSSR count). The van der Waals surface area contributed by atoms with E-state index in [1.807, 2.05) is 25.1 Å². The summed E-state index contributed by atoms with van der Waals surface area (Å²) in [5.74, 6) is 1.09. The number of anilines is 1. The molecule has 0 N–H and O–H groups in total. The molecule has 0 radical (unpaired) electrons. The number of aromatic nitrogens is 1. The van der Waals surface area contributed by atoms with Crippen molar-refractivity contribution in [1.29, 1.82) is 5.26 Å². The van der Waals surface area contributed by atoms with Gasteiger partial charge in [-0.1, -0.05) is 24.8 Å². The number of aryl methyl sites for hydroxylation is 4. The van der Waals surface area contributed by atoms with E-state index in [1.54, 1.807) is 0 Å². The Bertz CT molecular complexity index is 884. The van der Waals surface area contributed by atoms with Crippen molar-refractivity contribution in [3.8, 4) is 6.07 Å². The summed E-state index contributed by atoms with van der Waals surface area (Å²) in [6, 6.07) is 10.5. The first-order valence-corrected chi connectivity index (χ1v) is 9.05. The van der Waals surface area contributed by atoms with Crippen molar-refractivity contribution >= 4 is 11.5 Å². The lowest BCUT2D eigenvalue weighted by molar-refractivity contribution is 0.366. The second kappa shape index (κ2) is 7.21. The molecule has 1 saturated heterocycles. The molecular weight excluding hydrogens is 320 g/mol. The molecule has 0 saturated carbocycles. The van der Waals surface area contributed by atoms with Crippen LogP contribution in [0, 0.1) is 39.0 Å². The standard InChI is InChI=1S/C22H26N4/c1-15-6-7-21(20(12-15)14-23)19(5)25-8-10-26(11-9-25)22-17(3)13-16(2)18(4)24-22/h6-7,12-13H,5,8-11H2,1-4H3. The van der Waals surface area contributed by atoms with Crippen LogP contribution in [0.2, 0.25) is 0 Å². The summed E-state index contributed by atoms with van der Waals surface area (Å²) in [7, 11) is 0. The Labute approximate surface area is 156 Å². The summed E-state index contributed by atoms with van der Waals surface area (Å²) in [6.07, 6.45) is 0. The molecule has 2 heterocycles. The van der Waals surface area contributed by atoms with Crippen LogP contribution in [-0.2, 0) is 0 Å². The number of benzene rings is 1. The summed E-state index contributed by atoms with van der Waals surface area (Å²) in [4.78, 5) is 9.43. The van der Waals surface area contributed by atoms with Crippen LogP contribution in [0.25, 0.3) is 5.70 Å². The summed E-state index contributed by atoms with van der Waals surface area (Å²) < 4.78 is 0. The maximum Gasteiger partial charge on any atom is 0.131 e. The average Bonchev–Trinajstić information content (AvgIpc) is 2.64. The molecule has 0 spiro atoms. The predicted molar refractivity (Wildman–Crippen MR) is 107 cm³/mol. The molecule has 0 unspecified atom stereocenters. The van der Waals surface area contributed by atoms with Gasteiger partial charge < -0.3 is 9.80 Å².